The van der Waals surface area contributed by atoms with E-state index in [2.05, 4.69) is 59.7 Å². The number of ether oxygens (including phenoxy) is 1. The van der Waals surface area contributed by atoms with Gasteiger partial charge in [-0.05, 0) is 75.2 Å². The van der Waals surface area contributed by atoms with Crippen molar-refractivity contribution in [3.8, 4) is 0 Å². The van der Waals surface area contributed by atoms with Crippen molar-refractivity contribution >= 4 is 47.4 Å². The second kappa shape index (κ2) is 9.42. The molecule has 1 aliphatic heterocycles. The molecule has 1 rings (SSSR count). The summed E-state index contributed by atoms with van der Waals surface area (Å²) in [5.41, 5.74) is 0. The van der Waals surface area contributed by atoms with Crippen molar-refractivity contribution in [3.63, 3.8) is 0 Å². The molecule has 2 radical (unpaired) electrons. The minimum atomic E-state index is -1.13. The lowest BCUT2D eigenvalue weighted by Gasteiger charge is -2.33. The van der Waals surface area contributed by atoms with E-state index in [0.717, 1.165) is 6.42 Å². The lowest BCUT2D eigenvalue weighted by atomic mass is 9.81. The SMILES string of the molecule is [B]C1OC(CCP(=C)(C)CC)C(CP(=C)(C)CC)C1CP(=C)(C)CC. The zero-order chi connectivity index (χ0) is 19.5. The van der Waals surface area contributed by atoms with E-state index in [-0.39, 0.29) is 6.00 Å². The summed E-state index contributed by atoms with van der Waals surface area (Å²) in [5, 5.41) is 0. The highest BCUT2D eigenvalue weighted by Gasteiger charge is 2.43. The van der Waals surface area contributed by atoms with E-state index in [1.165, 1.54) is 37.0 Å². The fourth-order valence-electron chi connectivity index (χ4n) is 3.57. The monoisotopic (exact) mass is 402 g/mol. The van der Waals surface area contributed by atoms with E-state index in [4.69, 9.17) is 12.6 Å². The third-order valence-electron chi connectivity index (χ3n) is 6.33. The van der Waals surface area contributed by atoms with Crippen LogP contribution in [0.15, 0.2) is 0 Å². The second-order valence-corrected chi connectivity index (χ2v) is 21.9. The van der Waals surface area contributed by atoms with Crippen molar-refractivity contribution in [2.75, 3.05) is 57.0 Å². The Balaban J connectivity index is 3.00. The van der Waals surface area contributed by atoms with Crippen LogP contribution < -0.4 is 0 Å². The first-order valence-electron chi connectivity index (χ1n) is 9.84. The van der Waals surface area contributed by atoms with Crippen LogP contribution >= 0.6 is 20.7 Å². The molecule has 1 aliphatic rings. The van der Waals surface area contributed by atoms with E-state index in [1.54, 1.807) is 0 Å². The van der Waals surface area contributed by atoms with Crippen LogP contribution in [0.2, 0.25) is 0 Å². The van der Waals surface area contributed by atoms with Gasteiger partial charge in [-0.15, -0.1) is 39.6 Å². The third kappa shape index (κ3) is 7.45. The molecule has 5 heteroatoms. The van der Waals surface area contributed by atoms with Gasteiger partial charge in [-0.3, -0.25) is 0 Å². The highest BCUT2D eigenvalue weighted by Crippen LogP contribution is 2.53. The maximum absolute atomic E-state index is 6.51. The largest absolute Gasteiger partial charge is 0.384 e. The van der Waals surface area contributed by atoms with Gasteiger partial charge >= 0.3 is 0 Å². The van der Waals surface area contributed by atoms with Gasteiger partial charge in [0, 0.05) is 6.00 Å². The van der Waals surface area contributed by atoms with Gasteiger partial charge in [-0.1, -0.05) is 20.8 Å². The molecule has 7 unspecified atom stereocenters. The minimum Gasteiger partial charge on any atom is -0.384 e. The van der Waals surface area contributed by atoms with Gasteiger partial charge in [0.25, 0.3) is 0 Å². The van der Waals surface area contributed by atoms with E-state index >= 15 is 0 Å². The van der Waals surface area contributed by atoms with Crippen molar-refractivity contribution in [3.05, 3.63) is 0 Å². The Morgan fingerprint density at radius 2 is 1.24 bits per heavy atom. The van der Waals surface area contributed by atoms with E-state index in [9.17, 15) is 0 Å². The van der Waals surface area contributed by atoms with Crippen LogP contribution in [0, 0.1) is 11.8 Å². The summed E-state index contributed by atoms with van der Waals surface area (Å²) in [7, 11) is 6.51. The standard InChI is InChI=1S/C20H42BOP3/c1-10-23(4,5)14-13-19-17(15-24(6,7)11-2)18(20(21)22-19)16-25(8,9)12-3/h17-20H,4,6,8,10-16H2,1-3,5,7,9H3. The molecule has 1 nitrogen and oxygen atoms in total. The summed E-state index contributed by atoms with van der Waals surface area (Å²) >= 11 is 0. The Bertz CT molecular complexity index is 571. The third-order valence-corrected chi connectivity index (χ3v) is 14.9. The molecule has 7 atom stereocenters. The smallest absolute Gasteiger partial charge is 0.109 e. The molecule has 146 valence electrons. The molecule has 0 N–H and O–H groups in total. The molecule has 0 spiro atoms. The topological polar surface area (TPSA) is 9.23 Å². The predicted octanol–water partition coefficient (Wildman–Crippen LogP) is 4.80. The Labute approximate surface area is 160 Å². The quantitative estimate of drug-likeness (QED) is 0.377. The zero-order valence-corrected chi connectivity index (χ0v) is 20.4. The lowest BCUT2D eigenvalue weighted by Crippen LogP contribution is -2.29. The van der Waals surface area contributed by atoms with Crippen LogP contribution in [0.25, 0.3) is 0 Å². The van der Waals surface area contributed by atoms with Gasteiger partial charge in [-0.2, -0.15) is 0 Å². The van der Waals surface area contributed by atoms with Crippen molar-refractivity contribution < 1.29 is 4.74 Å². The second-order valence-electron chi connectivity index (χ2n) is 9.15. The molecule has 0 aromatic heterocycles. The highest BCUT2D eigenvalue weighted by molar-refractivity contribution is 7.73. The summed E-state index contributed by atoms with van der Waals surface area (Å²) in [4.78, 5) is 0. The molecule has 0 aromatic carbocycles. The normalized spacial score (nSPS) is 34.2. The van der Waals surface area contributed by atoms with Gasteiger partial charge in [0.2, 0.25) is 0 Å². The molecule has 1 heterocycles. The average molecular weight is 402 g/mol. The summed E-state index contributed by atoms with van der Waals surface area (Å²) in [6.07, 6.45) is 22.3. The minimum absolute atomic E-state index is 0.115. The molecule has 1 fully saturated rings. The van der Waals surface area contributed by atoms with Crippen molar-refractivity contribution in [2.24, 2.45) is 11.8 Å². The molecular formula is C20H42BOP3. The van der Waals surface area contributed by atoms with Crippen LogP contribution in [0.3, 0.4) is 0 Å². The van der Waals surface area contributed by atoms with Crippen molar-refractivity contribution in [1.82, 2.24) is 0 Å². The van der Waals surface area contributed by atoms with Gasteiger partial charge in [0.15, 0.2) is 0 Å². The van der Waals surface area contributed by atoms with Crippen LogP contribution in [0.1, 0.15) is 27.2 Å². The molecule has 0 amide bonds. The highest BCUT2D eigenvalue weighted by atomic mass is 31.2. The van der Waals surface area contributed by atoms with E-state index in [1.807, 2.05) is 0 Å². The summed E-state index contributed by atoms with van der Waals surface area (Å²) < 4.78 is 6.35. The lowest BCUT2D eigenvalue weighted by molar-refractivity contribution is 0.0709. The maximum atomic E-state index is 6.51. The van der Waals surface area contributed by atoms with Crippen LogP contribution in [-0.2, 0) is 4.74 Å². The molecule has 0 aliphatic carbocycles. The first-order chi connectivity index (χ1) is 11.4. The first-order valence-corrected chi connectivity index (χ1v) is 18.2. The molecule has 1 saturated heterocycles. The Kier molecular flexibility index (Phi) is 9.03. The molecule has 25 heavy (non-hydrogen) atoms. The molecular weight excluding hydrogens is 360 g/mol. The van der Waals surface area contributed by atoms with Crippen molar-refractivity contribution in [1.29, 1.82) is 0 Å². The summed E-state index contributed by atoms with van der Waals surface area (Å²) in [5.74, 6) is 1.03. The number of rotatable bonds is 10. The molecule has 0 aromatic rings. The summed E-state index contributed by atoms with van der Waals surface area (Å²) in [6.45, 7) is 10.7. The fourth-order valence-corrected chi connectivity index (χ4v) is 8.30. The molecule has 0 saturated carbocycles. The number of hydrogen-bond acceptors (Lipinski definition) is 1. The van der Waals surface area contributed by atoms with Crippen LogP contribution in [0.4, 0.5) is 0 Å². The fraction of sp³-hybridized carbons (Fsp3) is 0.850. The average Bonchev–Trinajstić information content (AvgIpc) is 2.81. The number of hydrogen-bond donors (Lipinski definition) is 0. The molecule has 0 bridgehead atoms. The predicted molar refractivity (Wildman–Crippen MR) is 132 cm³/mol. The Hall–Kier alpha value is 0.925. The van der Waals surface area contributed by atoms with Gasteiger partial charge in [0.1, 0.15) is 7.85 Å². The van der Waals surface area contributed by atoms with Crippen LogP contribution in [0.5, 0.6) is 0 Å². The Morgan fingerprint density at radius 1 is 0.800 bits per heavy atom. The van der Waals surface area contributed by atoms with Crippen LogP contribution in [-0.4, -0.2) is 95.8 Å². The first kappa shape index (κ1) is 24.0. The maximum Gasteiger partial charge on any atom is 0.109 e. The Morgan fingerprint density at radius 3 is 1.68 bits per heavy atom. The zero-order valence-electron chi connectivity index (χ0n) is 17.7. The van der Waals surface area contributed by atoms with E-state index < -0.39 is 20.7 Å². The van der Waals surface area contributed by atoms with Gasteiger partial charge < -0.3 is 4.74 Å². The van der Waals surface area contributed by atoms with Crippen molar-refractivity contribution in [2.45, 2.75) is 39.3 Å². The summed E-state index contributed by atoms with van der Waals surface area (Å²) in [6, 6.07) is -0.115. The van der Waals surface area contributed by atoms with Gasteiger partial charge in [-0.25, -0.2) is 0 Å². The van der Waals surface area contributed by atoms with E-state index in [0.29, 0.717) is 17.9 Å². The van der Waals surface area contributed by atoms with Gasteiger partial charge in [0.05, 0.1) is 6.10 Å².